The molecule has 0 amide bonds. The van der Waals surface area contributed by atoms with Crippen molar-refractivity contribution < 1.29 is 0 Å². The van der Waals surface area contributed by atoms with E-state index in [2.05, 4.69) is 131 Å². The standard InChI is InChI=1S/C24H18BBrN2S3/c25-19-11-13-21(29-19)27(17-7-3-1-4-8-17)23-15-16-24(31-23)28(18-9-5-2-6-10-18)22-14-12-20(26)30-22/h1-16H,25H2. The lowest BCUT2D eigenvalue weighted by atomic mass is 10.1. The van der Waals surface area contributed by atoms with E-state index in [4.69, 9.17) is 0 Å². The molecule has 0 unspecified atom stereocenters. The zero-order valence-corrected chi connectivity index (χ0v) is 20.8. The van der Waals surface area contributed by atoms with Gasteiger partial charge in [0, 0.05) is 11.4 Å². The van der Waals surface area contributed by atoms with Crippen molar-refractivity contribution in [3.05, 3.63) is 101 Å². The van der Waals surface area contributed by atoms with E-state index in [1.165, 1.54) is 30.5 Å². The molecule has 0 saturated carbocycles. The van der Waals surface area contributed by atoms with Crippen LogP contribution in [0.15, 0.2) is 101 Å². The number of halogens is 1. The van der Waals surface area contributed by atoms with Crippen LogP contribution in [0.5, 0.6) is 0 Å². The van der Waals surface area contributed by atoms with Gasteiger partial charge < -0.3 is 0 Å². The highest BCUT2D eigenvalue weighted by atomic mass is 79.9. The minimum atomic E-state index is 1.13. The van der Waals surface area contributed by atoms with E-state index in [9.17, 15) is 0 Å². The molecule has 5 aromatic rings. The van der Waals surface area contributed by atoms with Crippen LogP contribution in [-0.2, 0) is 0 Å². The van der Waals surface area contributed by atoms with E-state index >= 15 is 0 Å². The molecule has 3 heterocycles. The summed E-state index contributed by atoms with van der Waals surface area (Å²) < 4.78 is 2.43. The topological polar surface area (TPSA) is 6.48 Å². The number of thiophene rings is 3. The van der Waals surface area contributed by atoms with Gasteiger partial charge in [-0.1, -0.05) is 53.8 Å². The van der Waals surface area contributed by atoms with Gasteiger partial charge in [-0.05, 0) is 75.3 Å². The Labute approximate surface area is 203 Å². The van der Waals surface area contributed by atoms with Crippen molar-refractivity contribution in [1.82, 2.24) is 0 Å². The van der Waals surface area contributed by atoms with Crippen molar-refractivity contribution in [2.75, 3.05) is 9.80 Å². The fourth-order valence-corrected chi connectivity index (χ4v) is 6.89. The van der Waals surface area contributed by atoms with Gasteiger partial charge in [-0.2, -0.15) is 0 Å². The van der Waals surface area contributed by atoms with Crippen LogP contribution in [0.25, 0.3) is 0 Å². The Morgan fingerprint density at radius 1 is 0.516 bits per heavy atom. The normalized spacial score (nSPS) is 10.9. The molecular weight excluding hydrogens is 503 g/mol. The summed E-state index contributed by atoms with van der Waals surface area (Å²) in [5.74, 6) is 0. The maximum absolute atomic E-state index is 3.63. The Balaban J connectivity index is 1.60. The second-order valence-corrected chi connectivity index (χ2v) is 11.7. The molecule has 0 aliphatic carbocycles. The van der Waals surface area contributed by atoms with Crippen molar-refractivity contribution in [1.29, 1.82) is 0 Å². The summed E-state index contributed by atoms with van der Waals surface area (Å²) in [7, 11) is 2.16. The molecule has 0 spiro atoms. The molecule has 0 bridgehead atoms. The smallest absolute Gasteiger partial charge is 0.152 e. The fraction of sp³-hybridized carbons (Fsp3) is 0. The lowest BCUT2D eigenvalue weighted by Gasteiger charge is -2.23. The third kappa shape index (κ3) is 4.37. The minimum Gasteiger partial charge on any atom is -0.293 e. The average molecular weight is 521 g/mol. The molecular formula is C24H18BBrN2S3. The first kappa shape index (κ1) is 20.6. The number of para-hydroxylation sites is 2. The quantitative estimate of drug-likeness (QED) is 0.210. The lowest BCUT2D eigenvalue weighted by molar-refractivity contribution is 1.35. The number of rotatable bonds is 6. The van der Waals surface area contributed by atoms with Crippen LogP contribution in [0, 0.1) is 0 Å². The summed E-state index contributed by atoms with van der Waals surface area (Å²) >= 11 is 8.97. The summed E-state index contributed by atoms with van der Waals surface area (Å²) in [4.78, 5) is 4.67. The largest absolute Gasteiger partial charge is 0.293 e. The second-order valence-electron chi connectivity index (χ2n) is 6.92. The first-order chi connectivity index (χ1) is 15.2. The van der Waals surface area contributed by atoms with Crippen LogP contribution in [0.1, 0.15) is 0 Å². The number of nitrogens with zero attached hydrogens (tertiary/aromatic N) is 2. The molecule has 0 atom stereocenters. The summed E-state index contributed by atoms with van der Waals surface area (Å²) in [5, 5.41) is 4.79. The summed E-state index contributed by atoms with van der Waals surface area (Å²) in [5.41, 5.74) is 2.33. The number of hydrogen-bond acceptors (Lipinski definition) is 5. The Kier molecular flexibility index (Phi) is 6.00. The minimum absolute atomic E-state index is 1.13. The SMILES string of the molecule is Bc1ccc(N(c2ccccc2)c2ccc(N(c3ccccc3)c3ccc(Br)s3)s2)s1. The number of hydrogen-bond donors (Lipinski definition) is 0. The molecule has 152 valence electrons. The van der Waals surface area contributed by atoms with Crippen LogP contribution < -0.4 is 14.6 Å². The van der Waals surface area contributed by atoms with E-state index in [0.29, 0.717) is 0 Å². The van der Waals surface area contributed by atoms with Crippen molar-refractivity contribution in [3.8, 4) is 0 Å². The Morgan fingerprint density at radius 2 is 0.968 bits per heavy atom. The highest BCUT2D eigenvalue weighted by molar-refractivity contribution is 9.11. The molecule has 5 rings (SSSR count). The maximum atomic E-state index is 3.63. The first-order valence-corrected chi connectivity index (χ1v) is 13.1. The Hall–Kier alpha value is -2.32. The van der Waals surface area contributed by atoms with Crippen LogP contribution in [0.3, 0.4) is 0 Å². The van der Waals surface area contributed by atoms with Gasteiger partial charge >= 0.3 is 0 Å². The third-order valence-corrected chi connectivity index (χ3v) is 8.42. The zero-order valence-electron chi connectivity index (χ0n) is 16.7. The molecule has 0 fully saturated rings. The first-order valence-electron chi connectivity index (χ1n) is 9.81. The van der Waals surface area contributed by atoms with E-state index in [1.54, 1.807) is 22.7 Å². The Morgan fingerprint density at radius 3 is 1.42 bits per heavy atom. The van der Waals surface area contributed by atoms with Gasteiger partial charge in [-0.3, -0.25) is 9.80 Å². The lowest BCUT2D eigenvalue weighted by Crippen LogP contribution is -2.07. The van der Waals surface area contributed by atoms with Crippen molar-refractivity contribution >= 4 is 93.9 Å². The molecule has 31 heavy (non-hydrogen) atoms. The molecule has 3 aromatic heterocycles. The van der Waals surface area contributed by atoms with Gasteiger partial charge in [0.2, 0.25) is 0 Å². The molecule has 2 aromatic carbocycles. The predicted molar refractivity (Wildman–Crippen MR) is 145 cm³/mol. The summed E-state index contributed by atoms with van der Waals surface area (Å²) in [6.45, 7) is 0. The highest BCUT2D eigenvalue weighted by Gasteiger charge is 2.20. The van der Waals surface area contributed by atoms with Crippen LogP contribution in [-0.4, -0.2) is 7.85 Å². The molecule has 0 aliphatic heterocycles. The van der Waals surface area contributed by atoms with Crippen LogP contribution in [0.4, 0.5) is 31.4 Å². The van der Waals surface area contributed by atoms with Gasteiger partial charge in [-0.15, -0.1) is 22.7 Å². The molecule has 0 radical (unpaired) electrons. The van der Waals surface area contributed by atoms with E-state index in [1.807, 2.05) is 11.3 Å². The maximum Gasteiger partial charge on any atom is 0.152 e. The van der Waals surface area contributed by atoms with Crippen LogP contribution in [0.2, 0.25) is 0 Å². The third-order valence-electron chi connectivity index (χ3n) is 4.77. The van der Waals surface area contributed by atoms with Gasteiger partial charge in [-0.25, -0.2) is 0 Å². The fourth-order valence-electron chi connectivity index (χ4n) is 3.41. The number of anilines is 6. The Bertz CT molecular complexity index is 1180. The van der Waals surface area contributed by atoms with E-state index in [-0.39, 0.29) is 0 Å². The van der Waals surface area contributed by atoms with E-state index < -0.39 is 0 Å². The van der Waals surface area contributed by atoms with Crippen molar-refractivity contribution in [2.24, 2.45) is 0 Å². The van der Waals surface area contributed by atoms with Gasteiger partial charge in [0.05, 0.1) is 8.79 Å². The van der Waals surface area contributed by atoms with Crippen molar-refractivity contribution in [2.45, 2.75) is 0 Å². The molecule has 2 nitrogen and oxygen atoms in total. The van der Waals surface area contributed by atoms with E-state index in [0.717, 1.165) is 9.47 Å². The van der Waals surface area contributed by atoms with Crippen LogP contribution >= 0.6 is 49.9 Å². The highest BCUT2D eigenvalue weighted by Crippen LogP contribution is 2.47. The molecule has 0 saturated heterocycles. The van der Waals surface area contributed by atoms with Gasteiger partial charge in [0.15, 0.2) is 7.85 Å². The monoisotopic (exact) mass is 520 g/mol. The molecule has 0 aliphatic rings. The van der Waals surface area contributed by atoms with Gasteiger partial charge in [0.25, 0.3) is 0 Å². The summed E-state index contributed by atoms with van der Waals surface area (Å²) in [6, 6.07) is 34.2. The zero-order chi connectivity index (χ0) is 21.2. The summed E-state index contributed by atoms with van der Waals surface area (Å²) in [6.07, 6.45) is 0. The predicted octanol–water partition coefficient (Wildman–Crippen LogP) is 7.83. The van der Waals surface area contributed by atoms with Crippen molar-refractivity contribution in [3.63, 3.8) is 0 Å². The average Bonchev–Trinajstić information content (AvgIpc) is 3.53. The molecule has 7 heteroatoms. The molecule has 0 N–H and O–H groups in total. The second kappa shape index (κ2) is 9.05. The van der Waals surface area contributed by atoms with Gasteiger partial charge in [0.1, 0.15) is 15.0 Å². The number of benzene rings is 2.